The summed E-state index contributed by atoms with van der Waals surface area (Å²) in [5, 5.41) is 3.43. The second-order valence-corrected chi connectivity index (χ2v) is 9.61. The second kappa shape index (κ2) is 9.80. The molecule has 7 nitrogen and oxygen atoms in total. The highest BCUT2D eigenvalue weighted by molar-refractivity contribution is 7.98. The highest BCUT2D eigenvalue weighted by Crippen LogP contribution is 2.52. The molecule has 1 N–H and O–H groups in total. The third kappa shape index (κ3) is 3.88. The Balaban J connectivity index is 1.83. The monoisotopic (exact) mass is 482 g/mol. The first kappa shape index (κ1) is 24.3. The number of amides is 2. The van der Waals surface area contributed by atoms with E-state index in [-0.39, 0.29) is 11.8 Å². The van der Waals surface area contributed by atoms with Crippen molar-refractivity contribution in [1.29, 1.82) is 0 Å². The van der Waals surface area contributed by atoms with E-state index in [1.54, 1.807) is 36.0 Å². The van der Waals surface area contributed by atoms with Gasteiger partial charge in [-0.2, -0.15) is 11.8 Å². The van der Waals surface area contributed by atoms with Crippen molar-refractivity contribution < 1.29 is 23.9 Å². The summed E-state index contributed by atoms with van der Waals surface area (Å²) in [6.45, 7) is 4.38. The smallest absolute Gasteiger partial charge is 0.326 e. The molecule has 0 aromatic heterocycles. The van der Waals surface area contributed by atoms with E-state index in [0.717, 1.165) is 11.1 Å². The zero-order chi connectivity index (χ0) is 24.5. The number of carbonyl (C=O) groups excluding carboxylic acids is 3. The summed E-state index contributed by atoms with van der Waals surface area (Å²) in [7, 11) is 1.33. The van der Waals surface area contributed by atoms with E-state index >= 15 is 0 Å². The number of nitrogens with one attached hydrogen (secondary N) is 1. The summed E-state index contributed by atoms with van der Waals surface area (Å²) < 4.78 is 10.7. The third-order valence-electron chi connectivity index (χ3n) is 6.83. The van der Waals surface area contributed by atoms with Gasteiger partial charge < -0.3 is 9.47 Å². The first-order chi connectivity index (χ1) is 16.4. The average Bonchev–Trinajstić information content (AvgIpc) is 3.32. The second-order valence-electron chi connectivity index (χ2n) is 8.63. The largest absolute Gasteiger partial charge is 0.494 e. The predicted molar refractivity (Wildman–Crippen MR) is 132 cm³/mol. The number of hydrogen-bond acceptors (Lipinski definition) is 7. The van der Waals surface area contributed by atoms with Crippen molar-refractivity contribution in [3.05, 3.63) is 59.7 Å². The molecule has 8 heteroatoms. The van der Waals surface area contributed by atoms with E-state index < -0.39 is 29.4 Å². The Morgan fingerprint density at radius 1 is 1.12 bits per heavy atom. The molecule has 2 aromatic carbocycles. The molecule has 2 aromatic rings. The van der Waals surface area contributed by atoms with Crippen molar-refractivity contribution in [2.45, 2.75) is 31.8 Å². The molecule has 0 saturated carbocycles. The Morgan fingerprint density at radius 3 is 2.44 bits per heavy atom. The molecule has 0 spiro atoms. The number of thioether (sulfide) groups is 1. The van der Waals surface area contributed by atoms with Gasteiger partial charge in [0.2, 0.25) is 11.8 Å². The quantitative estimate of drug-likeness (QED) is 0.455. The van der Waals surface area contributed by atoms with Gasteiger partial charge in [-0.3, -0.25) is 19.7 Å². The van der Waals surface area contributed by atoms with E-state index in [1.807, 2.05) is 44.4 Å². The molecule has 0 unspecified atom stereocenters. The van der Waals surface area contributed by atoms with E-state index in [2.05, 4.69) is 5.32 Å². The van der Waals surface area contributed by atoms with Crippen molar-refractivity contribution in [2.75, 3.05) is 30.6 Å². The molecule has 0 bridgehead atoms. The molecule has 2 amide bonds. The lowest BCUT2D eigenvalue weighted by atomic mass is 9.77. The molecular formula is C26H30N2O5S. The van der Waals surface area contributed by atoms with Crippen LogP contribution in [0.1, 0.15) is 30.5 Å². The van der Waals surface area contributed by atoms with Gasteiger partial charge in [-0.05, 0) is 67.7 Å². The number of methoxy groups -OCH3 is 1. The molecule has 2 aliphatic rings. The summed E-state index contributed by atoms with van der Waals surface area (Å²) in [6.07, 6.45) is 2.32. The van der Waals surface area contributed by atoms with E-state index in [1.165, 1.54) is 12.0 Å². The zero-order valence-electron chi connectivity index (χ0n) is 19.9. The number of imide groups is 1. The van der Waals surface area contributed by atoms with Crippen molar-refractivity contribution in [1.82, 2.24) is 5.32 Å². The maximum absolute atomic E-state index is 13.9. The Labute approximate surface area is 204 Å². The van der Waals surface area contributed by atoms with Crippen LogP contribution in [0.2, 0.25) is 0 Å². The van der Waals surface area contributed by atoms with Gasteiger partial charge in [0.25, 0.3) is 0 Å². The summed E-state index contributed by atoms with van der Waals surface area (Å²) in [6, 6.07) is 14.2. The normalized spacial score (nSPS) is 26.0. The SMILES string of the molecule is CCOc1ccc(N2C(=O)[C@H]3[C@@H](C2=O)[C@@](CCSC)(C(=O)OC)N[C@H]3c2ccccc2C)cc1. The lowest BCUT2D eigenvalue weighted by Crippen LogP contribution is -2.56. The Kier molecular flexibility index (Phi) is 7.00. The average molecular weight is 483 g/mol. The maximum Gasteiger partial charge on any atom is 0.326 e. The summed E-state index contributed by atoms with van der Waals surface area (Å²) in [4.78, 5) is 42.2. The minimum atomic E-state index is -1.29. The number of aryl methyl sites for hydroxylation is 1. The molecular weight excluding hydrogens is 452 g/mol. The number of anilines is 1. The van der Waals surface area contributed by atoms with Crippen LogP contribution < -0.4 is 15.0 Å². The number of carbonyl (C=O) groups is 3. The van der Waals surface area contributed by atoms with Crippen LogP contribution in [0.4, 0.5) is 5.69 Å². The first-order valence-corrected chi connectivity index (χ1v) is 12.8. The molecule has 2 saturated heterocycles. The molecule has 4 rings (SSSR count). The van der Waals surface area contributed by atoms with Gasteiger partial charge >= 0.3 is 5.97 Å². The van der Waals surface area contributed by atoms with Crippen molar-refractivity contribution in [3.8, 4) is 5.75 Å². The molecule has 2 heterocycles. The van der Waals surface area contributed by atoms with Gasteiger partial charge in [-0.15, -0.1) is 0 Å². The lowest BCUT2D eigenvalue weighted by Gasteiger charge is -2.32. The number of nitrogens with zero attached hydrogens (tertiary/aromatic N) is 1. The number of rotatable bonds is 8. The van der Waals surface area contributed by atoms with Crippen LogP contribution in [0.5, 0.6) is 5.75 Å². The molecule has 180 valence electrons. The molecule has 0 radical (unpaired) electrons. The van der Waals surface area contributed by atoms with Gasteiger partial charge in [-0.1, -0.05) is 24.3 Å². The van der Waals surface area contributed by atoms with Crippen LogP contribution in [0.3, 0.4) is 0 Å². The maximum atomic E-state index is 13.9. The van der Waals surface area contributed by atoms with Crippen LogP contribution in [0.25, 0.3) is 0 Å². The molecule has 34 heavy (non-hydrogen) atoms. The van der Waals surface area contributed by atoms with Gasteiger partial charge in [0.15, 0.2) is 0 Å². The Bertz CT molecular complexity index is 1090. The highest BCUT2D eigenvalue weighted by atomic mass is 32.2. The topological polar surface area (TPSA) is 84.9 Å². The summed E-state index contributed by atoms with van der Waals surface area (Å²) >= 11 is 1.58. The zero-order valence-corrected chi connectivity index (χ0v) is 20.7. The van der Waals surface area contributed by atoms with Crippen LogP contribution in [-0.4, -0.2) is 49.0 Å². The number of hydrogen-bond donors (Lipinski definition) is 1. The third-order valence-corrected chi connectivity index (χ3v) is 7.45. The number of ether oxygens (including phenoxy) is 2. The minimum Gasteiger partial charge on any atom is -0.494 e. The molecule has 2 fully saturated rings. The van der Waals surface area contributed by atoms with Crippen molar-refractivity contribution >= 4 is 35.2 Å². The fraction of sp³-hybridized carbons (Fsp3) is 0.423. The molecule has 2 aliphatic heterocycles. The number of esters is 1. The number of benzene rings is 2. The van der Waals surface area contributed by atoms with Gasteiger partial charge in [0.05, 0.1) is 31.2 Å². The van der Waals surface area contributed by atoms with Gasteiger partial charge in [0.1, 0.15) is 11.3 Å². The fourth-order valence-electron chi connectivity index (χ4n) is 5.28. The van der Waals surface area contributed by atoms with Crippen molar-refractivity contribution in [3.63, 3.8) is 0 Å². The van der Waals surface area contributed by atoms with Crippen LogP contribution in [-0.2, 0) is 19.1 Å². The Hall–Kier alpha value is -2.84. The van der Waals surface area contributed by atoms with Crippen LogP contribution in [0, 0.1) is 18.8 Å². The van der Waals surface area contributed by atoms with E-state index in [4.69, 9.17) is 9.47 Å². The standard InChI is InChI=1S/C26H30N2O5S/c1-5-33-18-12-10-17(11-13-18)28-23(29)20-21(24(28)30)26(14-15-34-4,25(31)32-3)27-22(20)19-9-7-6-8-16(19)2/h6-13,20-22,27H,5,14-15H2,1-4H3/t20-,21-,22-,26-/m0/s1. The van der Waals surface area contributed by atoms with Gasteiger partial charge in [-0.25, -0.2) is 4.90 Å². The Morgan fingerprint density at radius 2 is 1.82 bits per heavy atom. The van der Waals surface area contributed by atoms with E-state index in [0.29, 0.717) is 30.2 Å². The van der Waals surface area contributed by atoms with Crippen LogP contribution in [0.15, 0.2) is 48.5 Å². The summed E-state index contributed by atoms with van der Waals surface area (Å²) in [5.74, 6) is -1.49. The minimum absolute atomic E-state index is 0.310. The van der Waals surface area contributed by atoms with Gasteiger partial charge in [0, 0.05) is 6.04 Å². The lowest BCUT2D eigenvalue weighted by molar-refractivity contribution is -0.152. The molecule has 4 atom stereocenters. The van der Waals surface area contributed by atoms with Crippen molar-refractivity contribution in [2.24, 2.45) is 11.8 Å². The number of fused-ring (bicyclic) bond motifs is 1. The fourth-order valence-corrected chi connectivity index (χ4v) is 5.81. The molecule has 0 aliphatic carbocycles. The highest BCUT2D eigenvalue weighted by Gasteiger charge is 2.68. The first-order valence-electron chi connectivity index (χ1n) is 11.4. The predicted octanol–water partition coefficient (Wildman–Crippen LogP) is 3.51. The summed E-state index contributed by atoms with van der Waals surface area (Å²) in [5.41, 5.74) is 1.08. The van der Waals surface area contributed by atoms with E-state index in [9.17, 15) is 14.4 Å². The van der Waals surface area contributed by atoms with Crippen LogP contribution >= 0.6 is 11.8 Å².